The van der Waals surface area contributed by atoms with Gasteiger partial charge in [0, 0.05) is 19.2 Å². The summed E-state index contributed by atoms with van der Waals surface area (Å²) < 4.78 is 13.5. The molecule has 2 heterocycles. The molecule has 0 atom stereocenters. The number of ether oxygens (including phenoxy) is 2. The van der Waals surface area contributed by atoms with E-state index in [1.54, 1.807) is 11.6 Å². The molecular formula is C19H18N2O4S. The number of aromatic nitrogens is 1. The monoisotopic (exact) mass is 370 g/mol. The van der Waals surface area contributed by atoms with Gasteiger partial charge in [-0.05, 0) is 42.3 Å². The van der Waals surface area contributed by atoms with E-state index in [0.717, 1.165) is 27.3 Å². The van der Waals surface area contributed by atoms with Crippen molar-refractivity contribution in [3.05, 3.63) is 51.6 Å². The number of rotatable bonds is 4. The van der Waals surface area contributed by atoms with Crippen molar-refractivity contribution in [2.45, 2.75) is 12.8 Å². The number of benzene rings is 2. The highest BCUT2D eigenvalue weighted by atomic mass is 32.1. The summed E-state index contributed by atoms with van der Waals surface area (Å²) in [6.45, 7) is 1.11. The summed E-state index contributed by atoms with van der Waals surface area (Å²) >= 11 is 1.17. The Hall–Kier alpha value is -2.80. The summed E-state index contributed by atoms with van der Waals surface area (Å²) in [5.41, 5.74) is 2.60. The number of amides is 1. The maximum Gasteiger partial charge on any atom is 0.307 e. The molecule has 0 saturated heterocycles. The van der Waals surface area contributed by atoms with Gasteiger partial charge in [-0.25, -0.2) is 0 Å². The number of nitrogens with zero attached hydrogens (tertiary/aromatic N) is 1. The number of carbonyl (C=O) groups is 1. The molecule has 0 fully saturated rings. The smallest absolute Gasteiger partial charge is 0.307 e. The van der Waals surface area contributed by atoms with Gasteiger partial charge >= 0.3 is 4.87 Å². The molecule has 0 radical (unpaired) electrons. The summed E-state index contributed by atoms with van der Waals surface area (Å²) in [6.07, 6.45) is 0.978. The van der Waals surface area contributed by atoms with Crippen LogP contribution in [0, 0.1) is 0 Å². The van der Waals surface area contributed by atoms with E-state index in [0.29, 0.717) is 31.7 Å². The third kappa shape index (κ3) is 3.30. The molecule has 134 valence electrons. The van der Waals surface area contributed by atoms with Crippen molar-refractivity contribution in [3.63, 3.8) is 0 Å². The second kappa shape index (κ2) is 6.84. The first-order chi connectivity index (χ1) is 12.6. The van der Waals surface area contributed by atoms with Crippen LogP contribution in [0.2, 0.25) is 0 Å². The minimum Gasteiger partial charge on any atom is -0.486 e. The fourth-order valence-corrected chi connectivity index (χ4v) is 3.86. The summed E-state index contributed by atoms with van der Waals surface area (Å²) in [5, 5.41) is 2.90. The standard InChI is InChI=1S/C19H18N2O4S/c1-21-14-5-4-13(11-17(14)26-19(21)23)20-18(22)7-3-12-2-6-15-16(10-12)25-9-8-24-15/h2,4-6,10-11H,3,7-9H2,1H3,(H,20,22). The Balaban J connectivity index is 1.40. The zero-order chi connectivity index (χ0) is 18.1. The molecule has 1 N–H and O–H groups in total. The van der Waals surface area contributed by atoms with Crippen LogP contribution in [0.1, 0.15) is 12.0 Å². The van der Waals surface area contributed by atoms with E-state index < -0.39 is 0 Å². The van der Waals surface area contributed by atoms with Crippen molar-refractivity contribution in [1.29, 1.82) is 0 Å². The molecule has 7 heteroatoms. The van der Waals surface area contributed by atoms with Crippen LogP contribution in [0.4, 0.5) is 5.69 Å². The van der Waals surface area contributed by atoms with Crippen LogP contribution in [0.25, 0.3) is 10.2 Å². The third-order valence-electron chi connectivity index (χ3n) is 4.32. The van der Waals surface area contributed by atoms with Gasteiger partial charge in [0.05, 0.1) is 10.2 Å². The molecule has 0 bridgehead atoms. The molecule has 6 nitrogen and oxygen atoms in total. The number of anilines is 1. The van der Waals surface area contributed by atoms with E-state index in [1.165, 1.54) is 11.3 Å². The van der Waals surface area contributed by atoms with Crippen molar-refractivity contribution in [2.24, 2.45) is 7.05 Å². The van der Waals surface area contributed by atoms with Crippen molar-refractivity contribution in [1.82, 2.24) is 4.57 Å². The number of fused-ring (bicyclic) bond motifs is 2. The molecule has 3 aromatic rings. The fraction of sp³-hybridized carbons (Fsp3) is 0.263. The second-order valence-corrected chi connectivity index (χ2v) is 7.13. The average molecular weight is 370 g/mol. The molecule has 0 spiro atoms. The van der Waals surface area contributed by atoms with Crippen molar-refractivity contribution in [2.75, 3.05) is 18.5 Å². The van der Waals surface area contributed by atoms with E-state index in [-0.39, 0.29) is 10.8 Å². The second-order valence-electron chi connectivity index (χ2n) is 6.14. The van der Waals surface area contributed by atoms with Crippen LogP contribution in [-0.4, -0.2) is 23.7 Å². The Morgan fingerprint density at radius 2 is 1.96 bits per heavy atom. The van der Waals surface area contributed by atoms with Gasteiger partial charge in [-0.2, -0.15) is 0 Å². The molecular weight excluding hydrogens is 352 g/mol. The minimum absolute atomic E-state index is 0.0120. The number of hydrogen-bond donors (Lipinski definition) is 1. The Kier molecular flexibility index (Phi) is 4.38. The van der Waals surface area contributed by atoms with Gasteiger partial charge in [0.25, 0.3) is 0 Å². The average Bonchev–Trinajstić information content (AvgIpc) is 2.93. The van der Waals surface area contributed by atoms with E-state index in [9.17, 15) is 9.59 Å². The summed E-state index contributed by atoms with van der Waals surface area (Å²) in [7, 11) is 1.74. The molecule has 0 unspecified atom stereocenters. The zero-order valence-corrected chi connectivity index (χ0v) is 15.1. The topological polar surface area (TPSA) is 69.6 Å². The molecule has 2 aromatic carbocycles. The Labute approximate surface area is 154 Å². The van der Waals surface area contributed by atoms with Crippen LogP contribution < -0.4 is 19.7 Å². The minimum atomic E-state index is -0.0671. The maximum absolute atomic E-state index is 12.3. The molecule has 0 aliphatic carbocycles. The zero-order valence-electron chi connectivity index (χ0n) is 14.3. The lowest BCUT2D eigenvalue weighted by atomic mass is 10.1. The first kappa shape index (κ1) is 16.7. The van der Waals surface area contributed by atoms with Gasteiger partial charge in [0.15, 0.2) is 11.5 Å². The van der Waals surface area contributed by atoms with Crippen molar-refractivity contribution >= 4 is 33.1 Å². The van der Waals surface area contributed by atoms with Gasteiger partial charge in [-0.15, -0.1) is 0 Å². The van der Waals surface area contributed by atoms with Gasteiger partial charge < -0.3 is 19.4 Å². The largest absolute Gasteiger partial charge is 0.486 e. The van der Waals surface area contributed by atoms with Crippen LogP contribution in [0.3, 0.4) is 0 Å². The van der Waals surface area contributed by atoms with Crippen LogP contribution in [-0.2, 0) is 18.3 Å². The summed E-state index contributed by atoms with van der Waals surface area (Å²) in [4.78, 5) is 23.9. The van der Waals surface area contributed by atoms with Gasteiger partial charge in [-0.3, -0.25) is 9.59 Å². The molecule has 1 aliphatic heterocycles. The van der Waals surface area contributed by atoms with Crippen molar-refractivity contribution < 1.29 is 14.3 Å². The molecule has 1 amide bonds. The highest BCUT2D eigenvalue weighted by Crippen LogP contribution is 2.31. The first-order valence-electron chi connectivity index (χ1n) is 8.38. The Bertz CT molecular complexity index is 1040. The third-order valence-corrected chi connectivity index (χ3v) is 5.32. The maximum atomic E-state index is 12.3. The van der Waals surface area contributed by atoms with E-state index in [4.69, 9.17) is 9.47 Å². The first-order valence-corrected chi connectivity index (χ1v) is 9.20. The van der Waals surface area contributed by atoms with E-state index in [2.05, 4.69) is 5.32 Å². The lowest BCUT2D eigenvalue weighted by molar-refractivity contribution is -0.116. The van der Waals surface area contributed by atoms with Gasteiger partial charge in [-0.1, -0.05) is 17.4 Å². The predicted octanol–water partition coefficient (Wildman–Crippen LogP) is 2.94. The quantitative estimate of drug-likeness (QED) is 0.767. The number of carbonyl (C=O) groups excluding carboxylic acids is 1. The SMILES string of the molecule is Cn1c(=O)sc2cc(NC(=O)CCc3ccc4c(c3)OCCO4)ccc21. The van der Waals surface area contributed by atoms with Gasteiger partial charge in [0.2, 0.25) is 5.91 Å². The lowest BCUT2D eigenvalue weighted by Gasteiger charge is -2.18. The number of aryl methyl sites for hydroxylation is 2. The number of hydrogen-bond acceptors (Lipinski definition) is 5. The molecule has 26 heavy (non-hydrogen) atoms. The Morgan fingerprint density at radius 3 is 2.81 bits per heavy atom. The van der Waals surface area contributed by atoms with Crippen LogP contribution in [0.15, 0.2) is 41.2 Å². The highest BCUT2D eigenvalue weighted by molar-refractivity contribution is 7.16. The van der Waals surface area contributed by atoms with Crippen LogP contribution >= 0.6 is 11.3 Å². The number of thiazole rings is 1. The lowest BCUT2D eigenvalue weighted by Crippen LogP contribution is -2.15. The predicted molar refractivity (Wildman–Crippen MR) is 101 cm³/mol. The normalized spacial score (nSPS) is 13.0. The van der Waals surface area contributed by atoms with E-state index in [1.807, 2.05) is 36.4 Å². The Morgan fingerprint density at radius 1 is 1.15 bits per heavy atom. The molecule has 1 aromatic heterocycles. The number of nitrogens with one attached hydrogen (secondary N) is 1. The summed E-state index contributed by atoms with van der Waals surface area (Å²) in [6, 6.07) is 11.3. The van der Waals surface area contributed by atoms with Crippen LogP contribution in [0.5, 0.6) is 11.5 Å². The molecule has 0 saturated carbocycles. The van der Waals surface area contributed by atoms with Crippen molar-refractivity contribution in [3.8, 4) is 11.5 Å². The van der Waals surface area contributed by atoms with Gasteiger partial charge in [0.1, 0.15) is 13.2 Å². The fourth-order valence-electron chi connectivity index (χ4n) is 2.94. The summed E-state index contributed by atoms with van der Waals surface area (Å²) in [5.74, 6) is 1.42. The van der Waals surface area contributed by atoms with E-state index >= 15 is 0 Å². The molecule has 4 rings (SSSR count). The molecule has 1 aliphatic rings. The highest BCUT2D eigenvalue weighted by Gasteiger charge is 2.12.